The molecular formula is C5H12INTe. The van der Waals surface area contributed by atoms with E-state index in [2.05, 4.69) is 25.6 Å². The van der Waals surface area contributed by atoms with Gasteiger partial charge in [0.2, 0.25) is 0 Å². The van der Waals surface area contributed by atoms with E-state index in [1.54, 1.807) is 0 Å². The Kier molecular flexibility index (Phi) is 7.82. The zero-order valence-corrected chi connectivity index (χ0v) is 9.55. The van der Waals surface area contributed by atoms with E-state index in [1.807, 2.05) is 0 Å². The first-order valence-electron chi connectivity index (χ1n) is 2.78. The Hall–Kier alpha value is 1.48. The van der Waals surface area contributed by atoms with E-state index < -0.39 is 0 Å². The number of nitrogens with two attached hydrogens (primary N) is 1. The molecule has 0 aromatic heterocycles. The third-order valence-corrected chi connectivity index (χ3v) is 1.39. The second kappa shape index (κ2) is 6.60. The van der Waals surface area contributed by atoms with Crippen molar-refractivity contribution < 1.29 is 0 Å². The van der Waals surface area contributed by atoms with Gasteiger partial charge in [0.1, 0.15) is 0 Å². The molecule has 0 saturated heterocycles. The Morgan fingerprint density at radius 2 is 1.88 bits per heavy atom. The third kappa shape index (κ3) is 5.61. The summed E-state index contributed by atoms with van der Waals surface area (Å²) in [4.78, 5) is 0. The van der Waals surface area contributed by atoms with Crippen LogP contribution in [0.4, 0.5) is 0 Å². The van der Waals surface area contributed by atoms with Crippen LogP contribution >= 0.6 is 18.7 Å². The Labute approximate surface area is 71.5 Å². The molecular weight excluding hydrogens is 329 g/mol. The number of halogens is 1. The summed E-state index contributed by atoms with van der Waals surface area (Å²) in [6.07, 6.45) is 4.46. The molecule has 0 unspecified atom stereocenters. The zero-order valence-electron chi connectivity index (χ0n) is 5.06. The van der Waals surface area contributed by atoms with Gasteiger partial charge >= 0.3 is 39.9 Å². The average molecular weight is 341 g/mol. The summed E-state index contributed by atoms with van der Waals surface area (Å²) in [5.74, 6) is 1.06. The predicted octanol–water partition coefficient (Wildman–Crippen LogP) is 1.72. The van der Waals surface area contributed by atoms with E-state index >= 15 is 0 Å². The predicted molar refractivity (Wildman–Crippen MR) is 47.0 cm³/mol. The van der Waals surface area contributed by atoms with Gasteiger partial charge < -0.3 is 0 Å². The van der Waals surface area contributed by atoms with Crippen molar-refractivity contribution in [2.75, 3.05) is 0 Å². The summed E-state index contributed by atoms with van der Waals surface area (Å²) in [6, 6.07) is 0. The minimum absolute atomic E-state index is 0.0600. The van der Waals surface area contributed by atoms with Gasteiger partial charge in [0.15, 0.2) is 0 Å². The van der Waals surface area contributed by atoms with Crippen molar-refractivity contribution in [2.24, 2.45) is 9.90 Å². The maximum absolute atomic E-state index is 4.96. The first-order valence-corrected chi connectivity index (χ1v) is 10.9. The van der Waals surface area contributed by atoms with Crippen LogP contribution in [0.25, 0.3) is 0 Å². The third-order valence-electron chi connectivity index (χ3n) is 1.39. The molecule has 0 heterocycles. The van der Waals surface area contributed by atoms with Crippen LogP contribution in [-0.4, -0.2) is 17.3 Å². The van der Waals surface area contributed by atoms with Gasteiger partial charge in [0.05, 0.1) is 0 Å². The molecule has 0 bridgehead atoms. The maximum atomic E-state index is 4.96. The van der Waals surface area contributed by atoms with E-state index in [0.717, 1.165) is 5.92 Å². The molecule has 0 aromatic carbocycles. The van der Waals surface area contributed by atoms with Crippen LogP contribution in [0.5, 0.6) is 0 Å². The molecule has 1 nitrogen and oxygen atoms in total. The molecule has 3 heteroatoms. The van der Waals surface area contributed by atoms with Crippen molar-refractivity contribution >= 4 is 35.9 Å². The summed E-state index contributed by atoms with van der Waals surface area (Å²) in [6.45, 7) is 2.31. The molecule has 0 aromatic rings. The van der Waals surface area contributed by atoms with Gasteiger partial charge in [-0.2, -0.15) is 0 Å². The molecule has 1 saturated carbocycles. The molecule has 0 atom stereocenters. The topological polar surface area (TPSA) is 26.0 Å². The molecule has 8 heavy (non-hydrogen) atoms. The van der Waals surface area contributed by atoms with Crippen molar-refractivity contribution in [3.8, 4) is 0 Å². The molecule has 0 spiro atoms. The van der Waals surface area contributed by atoms with Crippen LogP contribution in [0.1, 0.15) is 26.2 Å². The monoisotopic (exact) mass is 343 g/mol. The van der Waals surface area contributed by atoms with Gasteiger partial charge in [0.25, 0.3) is 0 Å². The summed E-state index contributed by atoms with van der Waals surface area (Å²) in [5.41, 5.74) is 0. The second-order valence-corrected chi connectivity index (χ2v) is 6.04. The van der Waals surface area contributed by atoms with E-state index in [4.69, 9.17) is 3.98 Å². The summed E-state index contributed by atoms with van der Waals surface area (Å²) < 4.78 is 4.96. The minimum atomic E-state index is -0.0600. The standard InChI is InChI=1S/C5H10.H2INTe/c1-5-3-2-4-5;1-3-2/h5H,2-4H2,1H3;2H2. The van der Waals surface area contributed by atoms with E-state index in [-0.39, 0.29) is 17.3 Å². The van der Waals surface area contributed by atoms with Crippen LogP contribution in [0.3, 0.4) is 0 Å². The molecule has 50 valence electrons. The normalized spacial score (nSPS) is 18.4. The fourth-order valence-electron chi connectivity index (χ4n) is 0.612. The van der Waals surface area contributed by atoms with Crippen LogP contribution in [0, 0.1) is 5.92 Å². The van der Waals surface area contributed by atoms with Crippen molar-refractivity contribution in [1.29, 1.82) is 0 Å². The van der Waals surface area contributed by atoms with Crippen LogP contribution in [0.15, 0.2) is 0 Å². The molecule has 0 radical (unpaired) electrons. The number of rotatable bonds is 0. The van der Waals surface area contributed by atoms with E-state index in [9.17, 15) is 0 Å². The molecule has 1 rings (SSSR count). The average Bonchev–Trinajstić information content (AvgIpc) is 1.64. The van der Waals surface area contributed by atoms with E-state index in [1.165, 1.54) is 19.3 Å². The van der Waals surface area contributed by atoms with Crippen LogP contribution in [-0.2, 0) is 0 Å². The molecule has 1 aliphatic rings. The number of hydrogen-bond donors (Lipinski definition) is 1. The molecule has 1 fully saturated rings. The first-order chi connectivity index (χ1) is 3.81. The Morgan fingerprint density at radius 3 is 1.88 bits per heavy atom. The van der Waals surface area contributed by atoms with Gasteiger partial charge in [-0.25, -0.2) is 0 Å². The van der Waals surface area contributed by atoms with Crippen molar-refractivity contribution in [2.45, 2.75) is 26.2 Å². The van der Waals surface area contributed by atoms with E-state index in [0.29, 0.717) is 0 Å². The summed E-state index contributed by atoms with van der Waals surface area (Å²) >= 11 is 2.14. The first kappa shape index (κ1) is 9.48. The van der Waals surface area contributed by atoms with Gasteiger partial charge in [0, 0.05) is 0 Å². The SMILES string of the molecule is CC1CCC1.N[Te]I. The second-order valence-electron chi connectivity index (χ2n) is 2.13. The Bertz CT molecular complexity index is 47.7. The molecule has 0 amide bonds. The van der Waals surface area contributed by atoms with Gasteiger partial charge in [-0.1, -0.05) is 26.2 Å². The zero-order chi connectivity index (χ0) is 6.41. The van der Waals surface area contributed by atoms with Gasteiger partial charge in [-0.05, 0) is 5.92 Å². The Morgan fingerprint density at radius 1 is 1.62 bits per heavy atom. The molecule has 2 N–H and O–H groups in total. The molecule has 1 aliphatic carbocycles. The number of hydrogen-bond acceptors (Lipinski definition) is 1. The van der Waals surface area contributed by atoms with Crippen molar-refractivity contribution in [3.05, 3.63) is 0 Å². The van der Waals surface area contributed by atoms with Crippen LogP contribution < -0.4 is 3.98 Å². The Balaban J connectivity index is 0.000000145. The van der Waals surface area contributed by atoms with Crippen molar-refractivity contribution in [3.63, 3.8) is 0 Å². The fraction of sp³-hybridized carbons (Fsp3) is 1.00. The summed E-state index contributed by atoms with van der Waals surface area (Å²) in [7, 11) is 0. The van der Waals surface area contributed by atoms with Gasteiger partial charge in [-0.3, -0.25) is 0 Å². The van der Waals surface area contributed by atoms with Crippen LogP contribution in [0.2, 0.25) is 0 Å². The quantitative estimate of drug-likeness (QED) is 0.527. The fourth-order valence-corrected chi connectivity index (χ4v) is 0.612. The molecule has 0 aliphatic heterocycles. The summed E-state index contributed by atoms with van der Waals surface area (Å²) in [5, 5.41) is 0. The van der Waals surface area contributed by atoms with Gasteiger partial charge in [-0.15, -0.1) is 0 Å². The van der Waals surface area contributed by atoms with Crippen molar-refractivity contribution in [1.82, 2.24) is 0 Å².